The summed E-state index contributed by atoms with van der Waals surface area (Å²) in [5.74, 6) is 0.527. The van der Waals surface area contributed by atoms with Gasteiger partial charge < -0.3 is 10.1 Å². The van der Waals surface area contributed by atoms with E-state index in [2.05, 4.69) is 22.3 Å². The molecule has 4 nitrogen and oxygen atoms in total. The zero-order valence-electron chi connectivity index (χ0n) is 15.6. The first-order chi connectivity index (χ1) is 13.2. The Morgan fingerprint density at radius 3 is 2.74 bits per heavy atom. The van der Waals surface area contributed by atoms with Gasteiger partial charge in [-0.1, -0.05) is 60.1 Å². The van der Waals surface area contributed by atoms with Gasteiger partial charge in [0.25, 0.3) is 0 Å². The van der Waals surface area contributed by atoms with Gasteiger partial charge in [0.2, 0.25) is 5.91 Å². The second-order valence-electron chi connectivity index (χ2n) is 7.11. The summed E-state index contributed by atoms with van der Waals surface area (Å²) in [6.45, 7) is 4.17. The molecule has 0 radical (unpaired) electrons. The Hall–Kier alpha value is -1.88. The molecule has 0 spiro atoms. The van der Waals surface area contributed by atoms with Crippen molar-refractivity contribution in [2.24, 2.45) is 5.92 Å². The lowest BCUT2D eigenvalue weighted by atomic mass is 9.99. The van der Waals surface area contributed by atoms with Crippen LogP contribution < -0.4 is 5.32 Å². The van der Waals surface area contributed by atoms with Crippen molar-refractivity contribution in [2.75, 3.05) is 26.2 Å². The number of amides is 1. The fraction of sp³-hybridized carbons (Fsp3) is 0.409. The molecule has 144 valence electrons. The molecule has 1 atom stereocenters. The molecule has 1 heterocycles. The fourth-order valence-electron chi connectivity index (χ4n) is 3.44. The third kappa shape index (κ3) is 6.65. The Balaban J connectivity index is 1.37. The summed E-state index contributed by atoms with van der Waals surface area (Å²) in [6, 6.07) is 17.8. The topological polar surface area (TPSA) is 41.6 Å². The van der Waals surface area contributed by atoms with Gasteiger partial charge in [-0.2, -0.15) is 0 Å². The second kappa shape index (κ2) is 10.5. The Kier molecular flexibility index (Phi) is 7.69. The summed E-state index contributed by atoms with van der Waals surface area (Å²) in [6.07, 6.45) is 2.27. The van der Waals surface area contributed by atoms with Crippen molar-refractivity contribution in [3.63, 3.8) is 0 Å². The molecule has 3 rings (SSSR count). The minimum absolute atomic E-state index is 0.0424. The van der Waals surface area contributed by atoms with Crippen LogP contribution in [0, 0.1) is 5.92 Å². The second-order valence-corrected chi connectivity index (χ2v) is 7.52. The maximum atomic E-state index is 12.3. The van der Waals surface area contributed by atoms with E-state index in [1.807, 2.05) is 42.5 Å². The Morgan fingerprint density at radius 2 is 1.93 bits per heavy atom. The molecule has 1 aliphatic heterocycles. The number of ether oxygens (including phenoxy) is 1. The molecule has 1 fully saturated rings. The first-order valence-electron chi connectivity index (χ1n) is 9.55. The standard InChI is InChI=1S/C22H27ClN2O2/c23-21-11-5-4-10-20(21)13-24-22(26)15-25-12-6-9-19(14-25)17-27-16-18-7-2-1-3-8-18/h1-5,7-8,10-11,19H,6,9,12-17H2,(H,24,26)/t19-/m1/s1. The molecule has 2 aromatic rings. The number of carbonyl (C=O) groups excluding carboxylic acids is 1. The molecule has 1 aliphatic rings. The van der Waals surface area contributed by atoms with Crippen molar-refractivity contribution in [2.45, 2.75) is 26.0 Å². The summed E-state index contributed by atoms with van der Waals surface area (Å²) < 4.78 is 5.89. The number of piperidine rings is 1. The van der Waals surface area contributed by atoms with Crippen molar-refractivity contribution in [1.29, 1.82) is 0 Å². The van der Waals surface area contributed by atoms with Crippen molar-refractivity contribution in [3.05, 3.63) is 70.7 Å². The number of hydrogen-bond donors (Lipinski definition) is 1. The highest BCUT2D eigenvalue weighted by Gasteiger charge is 2.21. The highest BCUT2D eigenvalue weighted by Crippen LogP contribution is 2.18. The molecule has 0 aliphatic carbocycles. The summed E-state index contributed by atoms with van der Waals surface area (Å²) in [5, 5.41) is 3.66. The molecule has 1 amide bonds. The van der Waals surface area contributed by atoms with Gasteiger partial charge in [0.15, 0.2) is 0 Å². The lowest BCUT2D eigenvalue weighted by Crippen LogP contribution is -2.43. The van der Waals surface area contributed by atoms with Crippen LogP contribution in [0.5, 0.6) is 0 Å². The minimum Gasteiger partial charge on any atom is -0.376 e. The van der Waals surface area contributed by atoms with Crippen LogP contribution in [0.25, 0.3) is 0 Å². The maximum absolute atomic E-state index is 12.3. The maximum Gasteiger partial charge on any atom is 0.234 e. The minimum atomic E-state index is 0.0424. The lowest BCUT2D eigenvalue weighted by Gasteiger charge is -2.32. The van der Waals surface area contributed by atoms with Crippen LogP contribution >= 0.6 is 11.6 Å². The number of hydrogen-bond acceptors (Lipinski definition) is 3. The molecule has 0 unspecified atom stereocenters. The highest BCUT2D eigenvalue weighted by molar-refractivity contribution is 6.31. The van der Waals surface area contributed by atoms with E-state index in [4.69, 9.17) is 16.3 Å². The summed E-state index contributed by atoms with van der Waals surface area (Å²) >= 11 is 6.14. The predicted molar refractivity (Wildman–Crippen MR) is 109 cm³/mol. The number of likely N-dealkylation sites (tertiary alicyclic amines) is 1. The molecule has 1 N–H and O–H groups in total. The van der Waals surface area contributed by atoms with Gasteiger partial charge in [-0.15, -0.1) is 0 Å². The van der Waals surface area contributed by atoms with Crippen molar-refractivity contribution >= 4 is 17.5 Å². The monoisotopic (exact) mass is 386 g/mol. The lowest BCUT2D eigenvalue weighted by molar-refractivity contribution is -0.123. The average Bonchev–Trinajstić information content (AvgIpc) is 2.68. The van der Waals surface area contributed by atoms with Crippen molar-refractivity contribution < 1.29 is 9.53 Å². The number of benzene rings is 2. The van der Waals surface area contributed by atoms with Crippen LogP contribution in [0.1, 0.15) is 24.0 Å². The molecule has 2 aromatic carbocycles. The van der Waals surface area contributed by atoms with Crippen molar-refractivity contribution in [3.8, 4) is 0 Å². The van der Waals surface area contributed by atoms with Crippen LogP contribution in [-0.2, 0) is 22.7 Å². The van der Waals surface area contributed by atoms with Crippen LogP contribution in [-0.4, -0.2) is 37.0 Å². The first-order valence-corrected chi connectivity index (χ1v) is 9.92. The Labute approximate surface area is 166 Å². The summed E-state index contributed by atoms with van der Waals surface area (Å²) in [4.78, 5) is 14.5. The summed E-state index contributed by atoms with van der Waals surface area (Å²) in [7, 11) is 0. The molecule has 1 saturated heterocycles. The number of nitrogens with zero attached hydrogens (tertiary/aromatic N) is 1. The third-order valence-corrected chi connectivity index (χ3v) is 5.24. The third-order valence-electron chi connectivity index (χ3n) is 4.87. The van der Waals surface area contributed by atoms with Gasteiger partial charge in [0, 0.05) is 18.1 Å². The predicted octanol–water partition coefficient (Wildman–Crippen LogP) is 3.89. The molecule has 5 heteroatoms. The molecular weight excluding hydrogens is 360 g/mol. The van der Waals surface area contributed by atoms with E-state index in [1.54, 1.807) is 0 Å². The number of halogens is 1. The normalized spacial score (nSPS) is 17.6. The number of carbonyl (C=O) groups is 1. The van der Waals surface area contributed by atoms with Crippen LogP contribution in [0.3, 0.4) is 0 Å². The molecule has 0 aromatic heterocycles. The van der Waals surface area contributed by atoms with E-state index in [9.17, 15) is 4.79 Å². The van der Waals surface area contributed by atoms with Gasteiger partial charge in [0.1, 0.15) is 0 Å². The summed E-state index contributed by atoms with van der Waals surface area (Å²) in [5.41, 5.74) is 2.14. The average molecular weight is 387 g/mol. The smallest absolute Gasteiger partial charge is 0.234 e. The van der Waals surface area contributed by atoms with Gasteiger partial charge in [-0.3, -0.25) is 9.69 Å². The van der Waals surface area contributed by atoms with Crippen LogP contribution in [0.2, 0.25) is 5.02 Å². The number of nitrogens with one attached hydrogen (secondary N) is 1. The quantitative estimate of drug-likeness (QED) is 0.748. The van der Waals surface area contributed by atoms with Gasteiger partial charge >= 0.3 is 0 Å². The van der Waals surface area contributed by atoms with E-state index < -0.39 is 0 Å². The SMILES string of the molecule is O=C(CN1CCC[C@@H](COCc2ccccc2)C1)NCc1ccccc1Cl. The van der Waals surface area contributed by atoms with E-state index in [-0.39, 0.29) is 5.91 Å². The zero-order chi connectivity index (χ0) is 18.9. The molecule has 0 saturated carbocycles. The van der Waals surface area contributed by atoms with Crippen LogP contribution in [0.15, 0.2) is 54.6 Å². The molecule has 0 bridgehead atoms. The highest BCUT2D eigenvalue weighted by atomic mass is 35.5. The fourth-order valence-corrected chi connectivity index (χ4v) is 3.65. The number of rotatable bonds is 8. The van der Waals surface area contributed by atoms with Crippen LogP contribution in [0.4, 0.5) is 0 Å². The molecule has 27 heavy (non-hydrogen) atoms. The van der Waals surface area contributed by atoms with E-state index in [0.717, 1.165) is 38.1 Å². The van der Waals surface area contributed by atoms with E-state index in [0.29, 0.717) is 30.6 Å². The van der Waals surface area contributed by atoms with Gasteiger partial charge in [-0.25, -0.2) is 0 Å². The molecular formula is C22H27ClN2O2. The Bertz CT molecular complexity index is 723. The van der Waals surface area contributed by atoms with E-state index >= 15 is 0 Å². The zero-order valence-corrected chi connectivity index (χ0v) is 16.3. The van der Waals surface area contributed by atoms with Crippen molar-refractivity contribution in [1.82, 2.24) is 10.2 Å². The van der Waals surface area contributed by atoms with E-state index in [1.165, 1.54) is 5.56 Å². The first kappa shape index (κ1) is 19.9. The van der Waals surface area contributed by atoms with Gasteiger partial charge in [-0.05, 0) is 42.5 Å². The Morgan fingerprint density at radius 1 is 1.15 bits per heavy atom. The van der Waals surface area contributed by atoms with Gasteiger partial charge in [0.05, 0.1) is 19.8 Å². The largest absolute Gasteiger partial charge is 0.376 e.